The van der Waals surface area contributed by atoms with Crippen molar-refractivity contribution in [2.75, 3.05) is 10.6 Å². The lowest BCUT2D eigenvalue weighted by Crippen LogP contribution is -2.14. The lowest BCUT2D eigenvalue weighted by atomic mass is 10.1. The lowest BCUT2D eigenvalue weighted by Gasteiger charge is -2.16. The summed E-state index contributed by atoms with van der Waals surface area (Å²) in [7, 11) is 1.14. The van der Waals surface area contributed by atoms with E-state index < -0.39 is 17.8 Å². The molecule has 0 aliphatic heterocycles. The van der Waals surface area contributed by atoms with E-state index in [-0.39, 0.29) is 11.7 Å². The number of H-pyrrole nitrogens is 1. The summed E-state index contributed by atoms with van der Waals surface area (Å²) in [5, 5.41) is 9.53. The Morgan fingerprint density at radius 3 is 2.75 bits per heavy atom. The smallest absolute Gasteiger partial charge is 0.362 e. The highest BCUT2D eigenvalue weighted by Crippen LogP contribution is 2.29. The number of halogens is 3. The number of alkyl halides is 3. The van der Waals surface area contributed by atoms with E-state index in [1.54, 1.807) is 24.4 Å². The van der Waals surface area contributed by atoms with E-state index in [4.69, 9.17) is 0 Å². The Morgan fingerprint density at radius 1 is 1.25 bits per heavy atom. The summed E-state index contributed by atoms with van der Waals surface area (Å²) in [5.74, 6) is -0.136. The van der Waals surface area contributed by atoms with Crippen molar-refractivity contribution in [3.8, 4) is 0 Å². The van der Waals surface area contributed by atoms with Gasteiger partial charge in [0.05, 0.1) is 12.2 Å². The maximum absolute atomic E-state index is 13.0. The van der Waals surface area contributed by atoms with E-state index in [9.17, 15) is 18.0 Å². The fraction of sp³-hybridized carbons (Fsp3) is 0.238. The molecule has 0 saturated carbocycles. The van der Waals surface area contributed by atoms with Gasteiger partial charge in [0.2, 0.25) is 0 Å². The molecule has 0 aliphatic rings. The minimum atomic E-state index is -4.59. The van der Waals surface area contributed by atoms with Gasteiger partial charge in [0.1, 0.15) is 17.0 Å². The van der Waals surface area contributed by atoms with Crippen molar-refractivity contribution >= 4 is 28.6 Å². The van der Waals surface area contributed by atoms with Gasteiger partial charge in [0.25, 0.3) is 5.91 Å². The molecule has 11 heteroatoms. The van der Waals surface area contributed by atoms with Gasteiger partial charge in [0, 0.05) is 25.0 Å². The topological polar surface area (TPSA) is 101 Å². The van der Waals surface area contributed by atoms with Gasteiger partial charge in [0.15, 0.2) is 11.3 Å². The molecule has 0 aliphatic carbocycles. The number of hydrogen-bond donors (Lipinski definition) is 3. The first-order valence-electron chi connectivity index (χ1n) is 9.71. The van der Waals surface area contributed by atoms with Crippen molar-refractivity contribution in [3.63, 3.8) is 0 Å². The van der Waals surface area contributed by atoms with E-state index in [2.05, 4.69) is 30.7 Å². The number of amides is 1. The van der Waals surface area contributed by atoms with Crippen molar-refractivity contribution in [2.24, 2.45) is 7.05 Å². The molecule has 0 unspecified atom stereocenters. The highest BCUT2D eigenvalue weighted by Gasteiger charge is 2.35. The highest BCUT2D eigenvalue weighted by atomic mass is 19.4. The summed E-state index contributed by atoms with van der Waals surface area (Å²) < 4.78 is 39.5. The summed E-state index contributed by atoms with van der Waals surface area (Å²) in [6.07, 6.45) is -1.13. The Balaban J connectivity index is 1.49. The van der Waals surface area contributed by atoms with Crippen molar-refractivity contribution in [2.45, 2.75) is 26.1 Å². The molecule has 3 aromatic heterocycles. The first kappa shape index (κ1) is 21.3. The predicted molar refractivity (Wildman–Crippen MR) is 113 cm³/mol. The van der Waals surface area contributed by atoms with Crippen LogP contribution in [0.4, 0.5) is 24.7 Å². The molecule has 4 aromatic rings. The average molecular weight is 443 g/mol. The largest absolute Gasteiger partial charge is 0.433 e. The van der Waals surface area contributed by atoms with E-state index in [0.717, 1.165) is 29.8 Å². The second-order valence-corrected chi connectivity index (χ2v) is 7.41. The third-order valence-electron chi connectivity index (χ3n) is 4.98. The number of nitrogens with zero attached hydrogens (tertiary/aromatic N) is 4. The summed E-state index contributed by atoms with van der Waals surface area (Å²) in [6.45, 7) is 3.86. The molecule has 0 bridgehead atoms. The molecule has 166 valence electrons. The summed E-state index contributed by atoms with van der Waals surface area (Å²) in [5.41, 5.74) is 2.42. The number of rotatable bonds is 5. The van der Waals surface area contributed by atoms with Gasteiger partial charge < -0.3 is 15.6 Å². The van der Waals surface area contributed by atoms with E-state index in [0.29, 0.717) is 21.8 Å². The Morgan fingerprint density at radius 2 is 2.03 bits per heavy atom. The number of hydrogen-bond acceptors (Lipinski definition) is 5. The number of carbonyl (C=O) groups is 1. The second kappa shape index (κ2) is 7.98. The predicted octanol–water partition coefficient (Wildman–Crippen LogP) is 4.44. The number of aromatic nitrogens is 5. The number of nitrogens with one attached hydrogen (secondary N) is 3. The number of carbonyl (C=O) groups excluding carboxylic acids is 1. The van der Waals surface area contributed by atoms with Crippen LogP contribution in [0.1, 0.15) is 40.3 Å². The normalized spacial score (nSPS) is 12.7. The molecule has 0 fully saturated rings. The quantitative estimate of drug-likeness (QED) is 0.423. The average Bonchev–Trinajstić information content (AvgIpc) is 3.31. The number of anilines is 2. The van der Waals surface area contributed by atoms with Crippen LogP contribution in [0.5, 0.6) is 0 Å². The fourth-order valence-electron chi connectivity index (χ4n) is 3.31. The van der Waals surface area contributed by atoms with Crippen LogP contribution >= 0.6 is 0 Å². The lowest BCUT2D eigenvalue weighted by molar-refractivity contribution is -0.143. The van der Waals surface area contributed by atoms with Gasteiger partial charge in [-0.1, -0.05) is 12.1 Å². The molecule has 3 N–H and O–H groups in total. The Labute approximate surface area is 180 Å². The monoisotopic (exact) mass is 443 g/mol. The van der Waals surface area contributed by atoms with Crippen LogP contribution in [0.2, 0.25) is 0 Å². The van der Waals surface area contributed by atoms with Crippen molar-refractivity contribution in [1.29, 1.82) is 0 Å². The van der Waals surface area contributed by atoms with Crippen LogP contribution < -0.4 is 10.6 Å². The van der Waals surface area contributed by atoms with E-state index in [1.807, 2.05) is 26.1 Å². The maximum Gasteiger partial charge on any atom is 0.433 e. The van der Waals surface area contributed by atoms with Gasteiger partial charge in [-0.25, -0.2) is 9.97 Å². The van der Waals surface area contributed by atoms with Crippen LogP contribution in [0.15, 0.2) is 42.7 Å². The van der Waals surface area contributed by atoms with Crippen molar-refractivity contribution in [3.05, 3.63) is 65.2 Å². The van der Waals surface area contributed by atoms with Crippen LogP contribution in [-0.4, -0.2) is 30.6 Å². The summed E-state index contributed by atoms with van der Waals surface area (Å²) >= 11 is 0. The Bertz CT molecular complexity index is 1290. The van der Waals surface area contributed by atoms with Gasteiger partial charge in [-0.3, -0.25) is 9.48 Å². The number of fused-ring (bicyclic) bond motifs is 1. The second-order valence-electron chi connectivity index (χ2n) is 7.41. The van der Waals surface area contributed by atoms with Crippen LogP contribution in [0.3, 0.4) is 0 Å². The molecule has 3 heterocycles. The molecule has 1 aromatic carbocycles. The zero-order chi connectivity index (χ0) is 23.0. The van der Waals surface area contributed by atoms with Gasteiger partial charge in [-0.15, -0.1) is 0 Å². The SMILES string of the molecule is Cc1c[nH]c2ncc(N[C@@H](C)c3cccc(NC(=O)c4cc(C(F)(F)F)n(C)n4)c3)nc12. The van der Waals surface area contributed by atoms with E-state index >= 15 is 0 Å². The standard InChI is InChI=1S/C21H20F3N7O/c1-11-9-25-19-18(11)29-17(10-26-19)27-12(2)13-5-4-6-14(7-13)28-20(32)15-8-16(21(22,23)24)31(3)30-15/h4-10,12H,1-3H3,(H,25,26)(H,27,29)(H,28,32)/t12-/m0/s1. The highest BCUT2D eigenvalue weighted by molar-refractivity contribution is 6.03. The van der Waals surface area contributed by atoms with E-state index in [1.165, 1.54) is 0 Å². The fourth-order valence-corrected chi connectivity index (χ4v) is 3.31. The molecule has 32 heavy (non-hydrogen) atoms. The third-order valence-corrected chi connectivity index (χ3v) is 4.98. The molecule has 0 saturated heterocycles. The Kier molecular flexibility index (Phi) is 5.33. The number of aryl methyl sites for hydroxylation is 2. The minimum Gasteiger partial charge on any atom is -0.362 e. The molecular formula is C21H20F3N7O. The minimum absolute atomic E-state index is 0.176. The first-order chi connectivity index (χ1) is 15.1. The maximum atomic E-state index is 13.0. The molecule has 8 nitrogen and oxygen atoms in total. The van der Waals surface area contributed by atoms with Gasteiger partial charge in [-0.05, 0) is 37.1 Å². The number of aromatic amines is 1. The third kappa shape index (κ3) is 4.27. The molecule has 1 atom stereocenters. The van der Waals surface area contributed by atoms with Gasteiger partial charge >= 0.3 is 6.18 Å². The molecule has 1 amide bonds. The molecule has 4 rings (SSSR count). The molecule has 0 spiro atoms. The zero-order valence-electron chi connectivity index (χ0n) is 17.4. The molecular weight excluding hydrogens is 423 g/mol. The van der Waals surface area contributed by atoms with Crippen LogP contribution in [-0.2, 0) is 13.2 Å². The summed E-state index contributed by atoms with van der Waals surface area (Å²) in [6, 6.07) is 7.54. The van der Waals surface area contributed by atoms with Gasteiger partial charge in [-0.2, -0.15) is 18.3 Å². The van der Waals surface area contributed by atoms with Crippen LogP contribution in [0, 0.1) is 6.92 Å². The summed E-state index contributed by atoms with van der Waals surface area (Å²) in [4.78, 5) is 24.4. The number of benzene rings is 1. The Hall–Kier alpha value is -3.89. The zero-order valence-corrected chi connectivity index (χ0v) is 17.4. The first-order valence-corrected chi connectivity index (χ1v) is 9.71. The molecule has 0 radical (unpaired) electrons. The van der Waals surface area contributed by atoms with Crippen molar-refractivity contribution < 1.29 is 18.0 Å². The van der Waals surface area contributed by atoms with Crippen molar-refractivity contribution in [1.82, 2.24) is 24.7 Å². The van der Waals surface area contributed by atoms with Crippen LogP contribution in [0.25, 0.3) is 11.2 Å².